The molecule has 1 unspecified atom stereocenters. The first kappa shape index (κ1) is 14.3. The summed E-state index contributed by atoms with van der Waals surface area (Å²) in [4.78, 5) is 0. The number of hydrogen-bond donors (Lipinski definition) is 2. The Morgan fingerprint density at radius 1 is 1.50 bits per heavy atom. The lowest BCUT2D eigenvalue weighted by Gasteiger charge is -2.25. The van der Waals surface area contributed by atoms with Crippen molar-refractivity contribution in [1.82, 2.24) is 0 Å². The van der Waals surface area contributed by atoms with Gasteiger partial charge in [-0.1, -0.05) is 20.8 Å². The van der Waals surface area contributed by atoms with E-state index >= 15 is 0 Å². The Bertz CT molecular complexity index is 142. The summed E-state index contributed by atoms with van der Waals surface area (Å²) in [6.07, 6.45) is -0.803. The molecular weight excluding hydrogens is 178 g/mol. The first-order chi connectivity index (χ1) is 4.89. The zero-order chi connectivity index (χ0) is 9.07. The van der Waals surface area contributed by atoms with Gasteiger partial charge in [-0.15, -0.1) is 12.4 Å². The van der Waals surface area contributed by atoms with Crippen molar-refractivity contribution in [3.05, 3.63) is 0 Å². The Balaban J connectivity index is 0. The molecular formula is C8H18ClNO2. The van der Waals surface area contributed by atoms with Crippen molar-refractivity contribution >= 4 is 18.3 Å². The Morgan fingerprint density at radius 2 is 1.92 bits per heavy atom. The molecule has 0 aliphatic heterocycles. The highest BCUT2D eigenvalue weighted by atomic mass is 35.5. The third kappa shape index (κ3) is 4.57. The largest absolute Gasteiger partial charge is 0.480 e. The maximum Gasteiger partial charge on any atom is 0.210 e. The SMILES string of the molecule is CCOC(=N)C(O)C(C)(C)C.Cl. The van der Waals surface area contributed by atoms with E-state index < -0.39 is 6.10 Å². The molecule has 0 fully saturated rings. The Hall–Kier alpha value is -0.280. The van der Waals surface area contributed by atoms with E-state index in [1.165, 1.54) is 0 Å². The van der Waals surface area contributed by atoms with Crippen molar-refractivity contribution in [3.8, 4) is 0 Å². The summed E-state index contributed by atoms with van der Waals surface area (Å²) in [5, 5.41) is 16.7. The van der Waals surface area contributed by atoms with Crippen molar-refractivity contribution in [2.75, 3.05) is 6.61 Å². The van der Waals surface area contributed by atoms with Crippen LogP contribution >= 0.6 is 12.4 Å². The normalized spacial score (nSPS) is 13.1. The second-order valence-electron chi connectivity index (χ2n) is 3.57. The van der Waals surface area contributed by atoms with Gasteiger partial charge in [-0.3, -0.25) is 5.41 Å². The maximum absolute atomic E-state index is 9.44. The summed E-state index contributed by atoms with van der Waals surface area (Å²) in [5.74, 6) is -0.0417. The lowest BCUT2D eigenvalue weighted by molar-refractivity contribution is 0.0932. The molecule has 0 heterocycles. The number of aliphatic hydroxyl groups is 1. The molecule has 0 rings (SSSR count). The minimum Gasteiger partial charge on any atom is -0.480 e. The maximum atomic E-state index is 9.44. The van der Waals surface area contributed by atoms with Crippen LogP contribution in [0.4, 0.5) is 0 Å². The summed E-state index contributed by atoms with van der Waals surface area (Å²) < 4.78 is 4.86. The van der Waals surface area contributed by atoms with Gasteiger partial charge in [0, 0.05) is 0 Å². The van der Waals surface area contributed by atoms with Crippen LogP contribution in [0.1, 0.15) is 27.7 Å². The van der Waals surface area contributed by atoms with Crippen LogP contribution in [0, 0.1) is 10.8 Å². The molecule has 1 atom stereocenters. The molecule has 12 heavy (non-hydrogen) atoms. The second kappa shape index (κ2) is 5.38. The van der Waals surface area contributed by atoms with Gasteiger partial charge in [-0.25, -0.2) is 0 Å². The monoisotopic (exact) mass is 195 g/mol. The Labute approximate surface area is 80.0 Å². The average molecular weight is 196 g/mol. The van der Waals surface area contributed by atoms with Crippen LogP contribution in [-0.4, -0.2) is 23.7 Å². The predicted octanol–water partition coefficient (Wildman–Crippen LogP) is 1.83. The van der Waals surface area contributed by atoms with Crippen molar-refractivity contribution in [2.24, 2.45) is 5.41 Å². The topological polar surface area (TPSA) is 53.3 Å². The minimum atomic E-state index is -0.803. The highest BCUT2D eigenvalue weighted by Crippen LogP contribution is 2.19. The molecule has 0 saturated carbocycles. The van der Waals surface area contributed by atoms with Gasteiger partial charge in [-0.2, -0.15) is 0 Å². The zero-order valence-electron chi connectivity index (χ0n) is 8.05. The van der Waals surface area contributed by atoms with Gasteiger partial charge in [0.1, 0.15) is 6.10 Å². The molecule has 0 aromatic heterocycles. The van der Waals surface area contributed by atoms with E-state index in [1.54, 1.807) is 6.92 Å². The highest BCUT2D eigenvalue weighted by Gasteiger charge is 2.27. The van der Waals surface area contributed by atoms with Crippen LogP contribution in [0.15, 0.2) is 0 Å². The van der Waals surface area contributed by atoms with Gasteiger partial charge < -0.3 is 9.84 Å². The first-order valence-corrected chi connectivity index (χ1v) is 3.79. The van der Waals surface area contributed by atoms with Crippen molar-refractivity contribution in [3.63, 3.8) is 0 Å². The third-order valence-electron chi connectivity index (χ3n) is 1.37. The molecule has 2 N–H and O–H groups in total. The van der Waals surface area contributed by atoms with Crippen LogP contribution in [-0.2, 0) is 4.74 Å². The summed E-state index contributed by atoms with van der Waals surface area (Å²) >= 11 is 0. The standard InChI is InChI=1S/C8H17NO2.ClH/c1-5-11-7(9)6(10)8(2,3)4;/h6,9-10H,5H2,1-4H3;1H. The molecule has 0 aliphatic carbocycles. The predicted molar refractivity (Wildman–Crippen MR) is 52.1 cm³/mol. The lowest BCUT2D eigenvalue weighted by Crippen LogP contribution is -2.35. The number of hydrogen-bond acceptors (Lipinski definition) is 3. The van der Waals surface area contributed by atoms with Gasteiger partial charge in [0.25, 0.3) is 0 Å². The molecule has 0 aromatic carbocycles. The fourth-order valence-electron chi connectivity index (χ4n) is 0.628. The third-order valence-corrected chi connectivity index (χ3v) is 1.37. The number of aliphatic hydroxyl groups excluding tert-OH is 1. The smallest absolute Gasteiger partial charge is 0.210 e. The second-order valence-corrected chi connectivity index (χ2v) is 3.57. The lowest BCUT2D eigenvalue weighted by atomic mass is 9.89. The van der Waals surface area contributed by atoms with E-state index in [-0.39, 0.29) is 23.7 Å². The zero-order valence-corrected chi connectivity index (χ0v) is 8.86. The van der Waals surface area contributed by atoms with Gasteiger partial charge in [0.15, 0.2) is 0 Å². The fraction of sp³-hybridized carbons (Fsp3) is 0.875. The quantitative estimate of drug-likeness (QED) is 0.522. The number of nitrogens with one attached hydrogen (secondary N) is 1. The fourth-order valence-corrected chi connectivity index (χ4v) is 0.628. The Kier molecular flexibility index (Phi) is 6.39. The van der Waals surface area contributed by atoms with E-state index in [1.807, 2.05) is 20.8 Å². The van der Waals surface area contributed by atoms with E-state index in [4.69, 9.17) is 10.1 Å². The molecule has 0 amide bonds. The minimum absolute atomic E-state index is 0. The molecule has 0 radical (unpaired) electrons. The van der Waals surface area contributed by atoms with Crippen LogP contribution < -0.4 is 0 Å². The van der Waals surface area contributed by atoms with E-state index in [2.05, 4.69) is 0 Å². The van der Waals surface area contributed by atoms with Crippen LogP contribution in [0.25, 0.3) is 0 Å². The van der Waals surface area contributed by atoms with Crippen LogP contribution in [0.3, 0.4) is 0 Å². The average Bonchev–Trinajstić information content (AvgIpc) is 1.85. The molecule has 0 aromatic rings. The van der Waals surface area contributed by atoms with Gasteiger partial charge in [0.2, 0.25) is 5.90 Å². The molecule has 0 bridgehead atoms. The van der Waals surface area contributed by atoms with Gasteiger partial charge in [-0.05, 0) is 12.3 Å². The molecule has 0 aliphatic rings. The van der Waals surface area contributed by atoms with Gasteiger partial charge >= 0.3 is 0 Å². The van der Waals surface area contributed by atoms with E-state index in [9.17, 15) is 5.11 Å². The van der Waals surface area contributed by atoms with Crippen molar-refractivity contribution < 1.29 is 9.84 Å². The molecule has 0 spiro atoms. The highest BCUT2D eigenvalue weighted by molar-refractivity contribution is 5.85. The van der Waals surface area contributed by atoms with Gasteiger partial charge in [0.05, 0.1) is 6.61 Å². The van der Waals surface area contributed by atoms with Crippen molar-refractivity contribution in [1.29, 1.82) is 5.41 Å². The molecule has 4 heteroatoms. The number of ether oxygens (including phenoxy) is 1. The molecule has 74 valence electrons. The first-order valence-electron chi connectivity index (χ1n) is 3.79. The number of halogens is 1. The molecule has 0 saturated heterocycles. The van der Waals surface area contributed by atoms with Crippen LogP contribution in [0.2, 0.25) is 0 Å². The Morgan fingerprint density at radius 3 is 2.17 bits per heavy atom. The van der Waals surface area contributed by atoms with E-state index in [0.717, 1.165) is 0 Å². The van der Waals surface area contributed by atoms with E-state index in [0.29, 0.717) is 6.61 Å². The van der Waals surface area contributed by atoms with Crippen LogP contribution in [0.5, 0.6) is 0 Å². The summed E-state index contributed by atoms with van der Waals surface area (Å²) in [6.45, 7) is 7.83. The number of rotatable bonds is 2. The summed E-state index contributed by atoms with van der Waals surface area (Å²) in [5.41, 5.74) is -0.313. The summed E-state index contributed by atoms with van der Waals surface area (Å²) in [7, 11) is 0. The summed E-state index contributed by atoms with van der Waals surface area (Å²) in [6, 6.07) is 0. The molecule has 3 nitrogen and oxygen atoms in total. The van der Waals surface area contributed by atoms with Crippen molar-refractivity contribution in [2.45, 2.75) is 33.8 Å².